The van der Waals surface area contributed by atoms with Crippen LogP contribution in [0.1, 0.15) is 105 Å². The van der Waals surface area contributed by atoms with Crippen LogP contribution in [0, 0.1) is 0 Å². The number of aliphatic hydroxyl groups is 1. The van der Waals surface area contributed by atoms with E-state index in [1.165, 1.54) is 51.4 Å². The molecule has 3 heteroatoms. The van der Waals surface area contributed by atoms with Crippen molar-refractivity contribution < 1.29 is 9.53 Å². The second-order valence-electron chi connectivity index (χ2n) is 9.53. The lowest BCUT2D eigenvalue weighted by atomic mass is 10.0. The maximum atomic E-state index is 10.4. The Labute approximate surface area is 165 Å². The Bertz CT molecular complexity index is 347. The number of aliphatic hydroxyl groups excluding tert-OH is 1. The Kier molecular flexibility index (Phi) is 13.9. The standard InChI is InChI=1S/C23H48O2Si/c1-8-10-11-12-13-14-15-16-17-19-21(24)20-22(18-9-2)25-26(6,7)23(3,4)5/h9,21-22,24H,2,8,10-20H2,1,3-7H3/t21-,22-/m1/s1. The van der Waals surface area contributed by atoms with Gasteiger partial charge in [-0.3, -0.25) is 0 Å². The topological polar surface area (TPSA) is 29.5 Å². The van der Waals surface area contributed by atoms with Gasteiger partial charge < -0.3 is 9.53 Å². The second-order valence-corrected chi connectivity index (χ2v) is 14.3. The fourth-order valence-electron chi connectivity index (χ4n) is 3.08. The van der Waals surface area contributed by atoms with Gasteiger partial charge in [0.1, 0.15) is 0 Å². The molecule has 2 nitrogen and oxygen atoms in total. The van der Waals surface area contributed by atoms with Gasteiger partial charge in [0.25, 0.3) is 0 Å². The first-order valence-corrected chi connectivity index (χ1v) is 14.0. The summed E-state index contributed by atoms with van der Waals surface area (Å²) in [6.07, 6.45) is 16.2. The molecule has 0 aromatic heterocycles. The normalized spacial score (nSPS) is 15.0. The first-order valence-electron chi connectivity index (χ1n) is 11.1. The molecule has 0 heterocycles. The van der Waals surface area contributed by atoms with Crippen molar-refractivity contribution in [2.75, 3.05) is 0 Å². The van der Waals surface area contributed by atoms with Gasteiger partial charge in [0.15, 0.2) is 8.32 Å². The van der Waals surface area contributed by atoms with E-state index in [9.17, 15) is 5.11 Å². The molecule has 0 saturated heterocycles. The minimum absolute atomic E-state index is 0.113. The fourth-order valence-corrected chi connectivity index (χ4v) is 4.46. The molecule has 0 fully saturated rings. The predicted molar refractivity (Wildman–Crippen MR) is 119 cm³/mol. The van der Waals surface area contributed by atoms with Crippen LogP contribution in [0.2, 0.25) is 18.1 Å². The molecular formula is C23H48O2Si. The molecule has 0 bridgehead atoms. The van der Waals surface area contributed by atoms with E-state index >= 15 is 0 Å². The van der Waals surface area contributed by atoms with Crippen LogP contribution < -0.4 is 0 Å². The monoisotopic (exact) mass is 384 g/mol. The van der Waals surface area contributed by atoms with E-state index in [0.29, 0.717) is 0 Å². The predicted octanol–water partition coefficient (Wildman–Crippen LogP) is 7.62. The molecule has 0 aliphatic heterocycles. The van der Waals surface area contributed by atoms with Gasteiger partial charge in [-0.15, -0.1) is 6.58 Å². The molecule has 0 saturated carbocycles. The van der Waals surface area contributed by atoms with E-state index in [1.807, 2.05) is 6.08 Å². The SMILES string of the molecule is C=CC[C@H](C[C@H](O)CCCCCCCCCCC)O[Si](C)(C)C(C)(C)C. The van der Waals surface area contributed by atoms with Crippen LogP contribution in [0.5, 0.6) is 0 Å². The number of hydrogen-bond donors (Lipinski definition) is 1. The average Bonchev–Trinajstić information content (AvgIpc) is 2.52. The molecule has 0 aromatic rings. The molecule has 0 rings (SSSR count). The highest BCUT2D eigenvalue weighted by molar-refractivity contribution is 6.74. The van der Waals surface area contributed by atoms with Crippen LogP contribution in [0.25, 0.3) is 0 Å². The maximum Gasteiger partial charge on any atom is 0.192 e. The summed E-state index contributed by atoms with van der Waals surface area (Å²) in [6.45, 7) is 17.5. The summed E-state index contributed by atoms with van der Waals surface area (Å²) in [7, 11) is -1.79. The molecule has 26 heavy (non-hydrogen) atoms. The van der Waals surface area contributed by atoms with E-state index in [0.717, 1.165) is 25.7 Å². The lowest BCUT2D eigenvalue weighted by molar-refractivity contribution is 0.0808. The molecule has 2 atom stereocenters. The highest BCUT2D eigenvalue weighted by Gasteiger charge is 2.39. The van der Waals surface area contributed by atoms with Gasteiger partial charge in [-0.05, 0) is 37.4 Å². The van der Waals surface area contributed by atoms with E-state index in [-0.39, 0.29) is 17.2 Å². The minimum Gasteiger partial charge on any atom is -0.414 e. The highest BCUT2D eigenvalue weighted by Crippen LogP contribution is 2.38. The zero-order valence-electron chi connectivity index (χ0n) is 18.8. The molecule has 0 amide bonds. The minimum atomic E-state index is -1.79. The Balaban J connectivity index is 4.02. The molecular weight excluding hydrogens is 336 g/mol. The largest absolute Gasteiger partial charge is 0.414 e. The summed E-state index contributed by atoms with van der Waals surface area (Å²) in [6, 6.07) is 0. The lowest BCUT2D eigenvalue weighted by Crippen LogP contribution is -2.44. The first kappa shape index (κ1) is 25.9. The van der Waals surface area contributed by atoms with Gasteiger partial charge in [-0.2, -0.15) is 0 Å². The molecule has 0 spiro atoms. The fraction of sp³-hybridized carbons (Fsp3) is 0.913. The summed E-state index contributed by atoms with van der Waals surface area (Å²) >= 11 is 0. The third-order valence-electron chi connectivity index (χ3n) is 5.87. The van der Waals surface area contributed by atoms with Gasteiger partial charge in [-0.25, -0.2) is 0 Å². The zero-order chi connectivity index (χ0) is 20.1. The van der Waals surface area contributed by atoms with Crippen LogP contribution in [-0.4, -0.2) is 25.6 Å². The summed E-state index contributed by atoms with van der Waals surface area (Å²) in [4.78, 5) is 0. The molecule has 0 aliphatic carbocycles. The molecule has 0 unspecified atom stereocenters. The summed E-state index contributed by atoms with van der Waals surface area (Å²) in [5, 5.41) is 10.6. The molecule has 0 aliphatic rings. The van der Waals surface area contributed by atoms with Crippen molar-refractivity contribution >= 4 is 8.32 Å². The van der Waals surface area contributed by atoms with Gasteiger partial charge in [0.2, 0.25) is 0 Å². The quantitative estimate of drug-likeness (QED) is 0.168. The number of rotatable bonds is 16. The molecule has 0 radical (unpaired) electrons. The van der Waals surface area contributed by atoms with E-state index in [4.69, 9.17) is 4.43 Å². The van der Waals surface area contributed by atoms with Crippen molar-refractivity contribution in [3.63, 3.8) is 0 Å². The van der Waals surface area contributed by atoms with Crippen LogP contribution in [0.3, 0.4) is 0 Å². The maximum absolute atomic E-state index is 10.4. The van der Waals surface area contributed by atoms with Crippen molar-refractivity contribution in [3.8, 4) is 0 Å². The molecule has 0 aromatic carbocycles. The number of unbranched alkanes of at least 4 members (excludes halogenated alkanes) is 8. The van der Waals surface area contributed by atoms with Gasteiger partial charge in [0.05, 0.1) is 12.2 Å². The smallest absolute Gasteiger partial charge is 0.192 e. The van der Waals surface area contributed by atoms with Crippen molar-refractivity contribution in [1.29, 1.82) is 0 Å². The van der Waals surface area contributed by atoms with Crippen molar-refractivity contribution in [3.05, 3.63) is 12.7 Å². The Morgan fingerprint density at radius 2 is 1.46 bits per heavy atom. The summed E-state index contributed by atoms with van der Waals surface area (Å²) in [5.74, 6) is 0. The Morgan fingerprint density at radius 1 is 0.962 bits per heavy atom. The van der Waals surface area contributed by atoms with Crippen molar-refractivity contribution in [2.24, 2.45) is 0 Å². The first-order chi connectivity index (χ1) is 12.1. The Hall–Kier alpha value is -0.123. The van der Waals surface area contributed by atoms with E-state index in [2.05, 4.69) is 47.4 Å². The van der Waals surface area contributed by atoms with E-state index in [1.54, 1.807) is 0 Å². The van der Waals surface area contributed by atoms with Gasteiger partial charge >= 0.3 is 0 Å². The summed E-state index contributed by atoms with van der Waals surface area (Å²) < 4.78 is 6.51. The van der Waals surface area contributed by atoms with Crippen LogP contribution >= 0.6 is 0 Å². The van der Waals surface area contributed by atoms with Crippen LogP contribution in [0.15, 0.2) is 12.7 Å². The second kappa shape index (κ2) is 14.0. The highest BCUT2D eigenvalue weighted by atomic mass is 28.4. The average molecular weight is 385 g/mol. The third kappa shape index (κ3) is 12.3. The number of hydrogen-bond acceptors (Lipinski definition) is 2. The molecule has 156 valence electrons. The lowest BCUT2D eigenvalue weighted by Gasteiger charge is -2.39. The van der Waals surface area contributed by atoms with Crippen molar-refractivity contribution in [1.82, 2.24) is 0 Å². The third-order valence-corrected chi connectivity index (χ3v) is 10.4. The zero-order valence-corrected chi connectivity index (χ0v) is 19.8. The van der Waals surface area contributed by atoms with Gasteiger partial charge in [-0.1, -0.05) is 91.6 Å². The van der Waals surface area contributed by atoms with Crippen molar-refractivity contribution in [2.45, 2.75) is 135 Å². The van der Waals surface area contributed by atoms with E-state index < -0.39 is 8.32 Å². The molecule has 1 N–H and O–H groups in total. The van der Waals surface area contributed by atoms with Crippen LogP contribution in [0.4, 0.5) is 0 Å². The van der Waals surface area contributed by atoms with Gasteiger partial charge in [0, 0.05) is 0 Å². The summed E-state index contributed by atoms with van der Waals surface area (Å²) in [5.41, 5.74) is 0. The van der Waals surface area contributed by atoms with Crippen LogP contribution in [-0.2, 0) is 4.43 Å². The Morgan fingerprint density at radius 3 is 1.92 bits per heavy atom.